The van der Waals surface area contributed by atoms with Crippen LogP contribution in [0.25, 0.3) is 10.8 Å². The Labute approximate surface area is 145 Å². The highest BCUT2D eigenvalue weighted by molar-refractivity contribution is 5.96. The molecule has 1 aromatic carbocycles. The molecular weight excluding hydrogens is 316 g/mol. The van der Waals surface area contributed by atoms with Crippen LogP contribution in [0, 0.1) is 6.92 Å². The minimum absolute atomic E-state index is 0.120. The fraction of sp³-hybridized carbons (Fsp3) is 0.316. The van der Waals surface area contributed by atoms with Crippen molar-refractivity contribution in [1.82, 2.24) is 19.4 Å². The van der Waals surface area contributed by atoms with Crippen molar-refractivity contribution in [3.63, 3.8) is 0 Å². The normalized spacial score (nSPS) is 17.8. The van der Waals surface area contributed by atoms with Crippen LogP contribution in [0.2, 0.25) is 0 Å². The number of imidazole rings is 1. The van der Waals surface area contributed by atoms with E-state index in [9.17, 15) is 9.59 Å². The van der Waals surface area contributed by atoms with Gasteiger partial charge in [-0.15, -0.1) is 0 Å². The molecule has 6 nitrogen and oxygen atoms in total. The summed E-state index contributed by atoms with van der Waals surface area (Å²) in [6.45, 7) is 3.31. The number of likely N-dealkylation sites (tertiary alicyclic amines) is 1. The molecule has 0 aliphatic carbocycles. The van der Waals surface area contributed by atoms with Gasteiger partial charge in [-0.3, -0.25) is 9.59 Å². The largest absolute Gasteiger partial charge is 0.335 e. The number of H-pyrrole nitrogens is 1. The first-order valence-electron chi connectivity index (χ1n) is 8.54. The first-order chi connectivity index (χ1) is 12.1. The first kappa shape index (κ1) is 15.6. The summed E-state index contributed by atoms with van der Waals surface area (Å²) < 4.78 is 2.13. The van der Waals surface area contributed by atoms with E-state index in [1.807, 2.05) is 36.2 Å². The molecule has 1 unspecified atom stereocenters. The van der Waals surface area contributed by atoms with Crippen molar-refractivity contribution in [2.24, 2.45) is 0 Å². The van der Waals surface area contributed by atoms with Gasteiger partial charge in [-0.1, -0.05) is 18.2 Å². The smallest absolute Gasteiger partial charge is 0.270 e. The second-order valence-electron chi connectivity index (χ2n) is 6.53. The van der Waals surface area contributed by atoms with Crippen molar-refractivity contribution >= 4 is 16.7 Å². The van der Waals surface area contributed by atoms with E-state index in [1.165, 1.54) is 0 Å². The number of nitrogens with one attached hydrogen (secondary N) is 1. The van der Waals surface area contributed by atoms with E-state index in [2.05, 4.69) is 14.5 Å². The number of nitrogens with zero attached hydrogens (tertiary/aromatic N) is 3. The van der Waals surface area contributed by atoms with Crippen LogP contribution in [0.4, 0.5) is 0 Å². The number of benzene rings is 1. The number of aromatic nitrogens is 3. The molecule has 0 saturated carbocycles. The number of fused-ring (bicyclic) bond motifs is 1. The number of aromatic amines is 1. The molecule has 0 radical (unpaired) electrons. The third-order valence-corrected chi connectivity index (χ3v) is 4.92. The SMILES string of the molecule is Cc1nccn1C1CCCN(C(=O)c2cc3ccccc3c(=O)[nH]2)C1. The van der Waals surface area contributed by atoms with E-state index in [0.717, 1.165) is 24.1 Å². The molecule has 3 heterocycles. The minimum atomic E-state index is -0.222. The Hall–Kier alpha value is -2.89. The van der Waals surface area contributed by atoms with E-state index in [0.29, 0.717) is 24.2 Å². The summed E-state index contributed by atoms with van der Waals surface area (Å²) in [6, 6.07) is 9.31. The highest BCUT2D eigenvalue weighted by Crippen LogP contribution is 2.24. The Kier molecular flexibility index (Phi) is 3.87. The van der Waals surface area contributed by atoms with E-state index in [4.69, 9.17) is 0 Å². The van der Waals surface area contributed by atoms with Crippen LogP contribution >= 0.6 is 0 Å². The van der Waals surface area contributed by atoms with Crippen molar-refractivity contribution in [2.45, 2.75) is 25.8 Å². The summed E-state index contributed by atoms with van der Waals surface area (Å²) in [6.07, 6.45) is 5.71. The van der Waals surface area contributed by atoms with Gasteiger partial charge in [-0.25, -0.2) is 4.98 Å². The molecule has 4 rings (SSSR count). The summed E-state index contributed by atoms with van der Waals surface area (Å²) in [5.74, 6) is 0.837. The van der Waals surface area contributed by atoms with Gasteiger partial charge in [0.05, 0.1) is 6.04 Å². The number of carbonyl (C=O) groups excluding carboxylic acids is 1. The van der Waals surface area contributed by atoms with Gasteiger partial charge in [-0.05, 0) is 37.3 Å². The quantitative estimate of drug-likeness (QED) is 0.782. The van der Waals surface area contributed by atoms with Crippen LogP contribution in [0.15, 0.2) is 47.5 Å². The van der Waals surface area contributed by atoms with Crippen LogP contribution < -0.4 is 5.56 Å². The standard InChI is InChI=1S/C19H20N4O2/c1-13-20-8-10-23(13)15-6-4-9-22(12-15)19(25)17-11-14-5-2-3-7-16(14)18(24)21-17/h2-3,5,7-8,10-11,15H,4,6,9,12H2,1H3,(H,21,24). The molecule has 1 aliphatic heterocycles. The lowest BCUT2D eigenvalue weighted by Crippen LogP contribution is -2.41. The highest BCUT2D eigenvalue weighted by Gasteiger charge is 2.26. The van der Waals surface area contributed by atoms with Crippen molar-refractivity contribution in [1.29, 1.82) is 0 Å². The number of rotatable bonds is 2. The van der Waals surface area contributed by atoms with Crippen LogP contribution in [-0.4, -0.2) is 38.4 Å². The zero-order valence-electron chi connectivity index (χ0n) is 14.1. The maximum Gasteiger partial charge on any atom is 0.270 e. The topological polar surface area (TPSA) is 71.0 Å². The summed E-state index contributed by atoms with van der Waals surface area (Å²) in [5, 5.41) is 1.39. The Bertz CT molecular complexity index is 988. The van der Waals surface area contributed by atoms with Gasteiger partial charge in [0.15, 0.2) is 0 Å². The lowest BCUT2D eigenvalue weighted by atomic mass is 10.0. The highest BCUT2D eigenvalue weighted by atomic mass is 16.2. The van der Waals surface area contributed by atoms with Crippen LogP contribution in [0.1, 0.15) is 35.2 Å². The minimum Gasteiger partial charge on any atom is -0.335 e. The predicted octanol–water partition coefficient (Wildman–Crippen LogP) is 2.51. The molecule has 1 aliphatic rings. The second-order valence-corrected chi connectivity index (χ2v) is 6.53. The average Bonchev–Trinajstić information content (AvgIpc) is 3.07. The second kappa shape index (κ2) is 6.20. The first-order valence-corrected chi connectivity index (χ1v) is 8.54. The van der Waals surface area contributed by atoms with Gasteiger partial charge in [0, 0.05) is 30.9 Å². The molecule has 1 saturated heterocycles. The molecule has 1 amide bonds. The third kappa shape index (κ3) is 2.84. The van der Waals surface area contributed by atoms with E-state index < -0.39 is 0 Å². The summed E-state index contributed by atoms with van der Waals surface area (Å²) >= 11 is 0. The summed E-state index contributed by atoms with van der Waals surface area (Å²) in [7, 11) is 0. The van der Waals surface area contributed by atoms with E-state index in [1.54, 1.807) is 18.3 Å². The molecule has 1 fully saturated rings. The zero-order chi connectivity index (χ0) is 17.4. The number of amides is 1. The third-order valence-electron chi connectivity index (χ3n) is 4.92. The van der Waals surface area contributed by atoms with Crippen LogP contribution in [-0.2, 0) is 0 Å². The van der Waals surface area contributed by atoms with Gasteiger partial charge in [-0.2, -0.15) is 0 Å². The van der Waals surface area contributed by atoms with Crippen molar-refractivity contribution in [2.75, 3.05) is 13.1 Å². The number of pyridine rings is 1. The number of piperidine rings is 1. The summed E-state index contributed by atoms with van der Waals surface area (Å²) in [5.41, 5.74) is 0.132. The molecule has 3 aromatic rings. The molecule has 0 bridgehead atoms. The lowest BCUT2D eigenvalue weighted by molar-refractivity contribution is 0.0672. The predicted molar refractivity (Wildman–Crippen MR) is 95.7 cm³/mol. The van der Waals surface area contributed by atoms with Crippen molar-refractivity contribution in [3.05, 3.63) is 64.6 Å². The lowest BCUT2D eigenvalue weighted by Gasteiger charge is -2.33. The maximum atomic E-state index is 12.9. The summed E-state index contributed by atoms with van der Waals surface area (Å²) in [4.78, 5) is 34.0. The molecule has 1 N–H and O–H groups in total. The van der Waals surface area contributed by atoms with Gasteiger partial charge in [0.25, 0.3) is 11.5 Å². The van der Waals surface area contributed by atoms with Crippen molar-refractivity contribution < 1.29 is 4.79 Å². The van der Waals surface area contributed by atoms with Crippen LogP contribution in [0.3, 0.4) is 0 Å². The van der Waals surface area contributed by atoms with Crippen LogP contribution in [0.5, 0.6) is 0 Å². The monoisotopic (exact) mass is 336 g/mol. The Morgan fingerprint density at radius 2 is 2.16 bits per heavy atom. The fourth-order valence-corrected chi connectivity index (χ4v) is 3.64. The van der Waals surface area contributed by atoms with Crippen molar-refractivity contribution in [3.8, 4) is 0 Å². The van der Waals surface area contributed by atoms with E-state index in [-0.39, 0.29) is 17.5 Å². The zero-order valence-corrected chi connectivity index (χ0v) is 14.1. The molecule has 6 heteroatoms. The maximum absolute atomic E-state index is 12.9. The molecular formula is C19H20N4O2. The Balaban J connectivity index is 1.62. The Morgan fingerprint density at radius 1 is 1.32 bits per heavy atom. The van der Waals surface area contributed by atoms with Gasteiger partial charge >= 0.3 is 0 Å². The molecule has 0 spiro atoms. The molecule has 25 heavy (non-hydrogen) atoms. The number of hydrogen-bond donors (Lipinski definition) is 1. The number of hydrogen-bond acceptors (Lipinski definition) is 3. The average molecular weight is 336 g/mol. The van der Waals surface area contributed by atoms with Gasteiger partial charge < -0.3 is 14.5 Å². The Morgan fingerprint density at radius 3 is 2.96 bits per heavy atom. The van der Waals surface area contributed by atoms with E-state index >= 15 is 0 Å². The number of carbonyl (C=O) groups is 1. The molecule has 2 aromatic heterocycles. The van der Waals surface area contributed by atoms with Gasteiger partial charge in [0.1, 0.15) is 11.5 Å². The molecule has 1 atom stereocenters. The molecule has 128 valence electrons. The number of aryl methyl sites for hydroxylation is 1. The fourth-order valence-electron chi connectivity index (χ4n) is 3.64. The van der Waals surface area contributed by atoms with Gasteiger partial charge in [0.2, 0.25) is 0 Å².